The van der Waals surface area contributed by atoms with Crippen LogP contribution >= 0.6 is 0 Å². The van der Waals surface area contributed by atoms with E-state index in [1.807, 2.05) is 20.9 Å². The Morgan fingerprint density at radius 2 is 1.61 bits per heavy atom. The SMILES string of the molecule is CCN(CC)S(=O)(=O)N(C)C1CCC(NC)CC1. The first kappa shape index (κ1) is 15.9. The molecule has 0 spiro atoms. The lowest BCUT2D eigenvalue weighted by atomic mass is 9.91. The van der Waals surface area contributed by atoms with E-state index in [1.165, 1.54) is 4.31 Å². The molecule has 0 aromatic heterocycles. The van der Waals surface area contributed by atoms with Gasteiger partial charge in [0.25, 0.3) is 10.2 Å². The average molecular weight is 277 g/mol. The van der Waals surface area contributed by atoms with Gasteiger partial charge in [0, 0.05) is 32.2 Å². The second-order valence-electron chi connectivity index (χ2n) is 4.90. The summed E-state index contributed by atoms with van der Waals surface area (Å²) >= 11 is 0. The molecular formula is C12H27N3O2S. The minimum Gasteiger partial charge on any atom is -0.317 e. The molecule has 1 N–H and O–H groups in total. The fourth-order valence-corrected chi connectivity index (χ4v) is 4.25. The van der Waals surface area contributed by atoms with E-state index >= 15 is 0 Å². The van der Waals surface area contributed by atoms with Gasteiger partial charge in [0.1, 0.15) is 0 Å². The Labute approximate surface area is 112 Å². The van der Waals surface area contributed by atoms with Gasteiger partial charge in [0.15, 0.2) is 0 Å². The lowest BCUT2D eigenvalue weighted by molar-refractivity contribution is 0.241. The van der Waals surface area contributed by atoms with Crippen molar-refractivity contribution < 1.29 is 8.42 Å². The van der Waals surface area contributed by atoms with Crippen LogP contribution in [0.3, 0.4) is 0 Å². The quantitative estimate of drug-likeness (QED) is 0.789. The third-order valence-corrected chi connectivity index (χ3v) is 6.21. The molecule has 1 aliphatic carbocycles. The van der Waals surface area contributed by atoms with E-state index in [0.717, 1.165) is 25.7 Å². The minimum absolute atomic E-state index is 0.153. The molecule has 18 heavy (non-hydrogen) atoms. The van der Waals surface area contributed by atoms with Gasteiger partial charge in [-0.3, -0.25) is 0 Å². The standard InChI is InChI=1S/C12H27N3O2S/c1-5-15(6-2)18(16,17)14(4)12-9-7-11(13-3)8-10-12/h11-13H,5-10H2,1-4H3. The van der Waals surface area contributed by atoms with Gasteiger partial charge in [-0.1, -0.05) is 13.8 Å². The molecule has 0 unspecified atom stereocenters. The van der Waals surface area contributed by atoms with Gasteiger partial charge in [-0.25, -0.2) is 0 Å². The fraction of sp³-hybridized carbons (Fsp3) is 1.00. The number of hydrogen-bond donors (Lipinski definition) is 1. The highest BCUT2D eigenvalue weighted by Gasteiger charge is 2.32. The first-order chi connectivity index (χ1) is 8.47. The molecule has 0 aliphatic heterocycles. The fourth-order valence-electron chi connectivity index (χ4n) is 2.65. The second-order valence-corrected chi connectivity index (χ2v) is 6.89. The maximum atomic E-state index is 12.4. The molecule has 5 nitrogen and oxygen atoms in total. The molecule has 0 bridgehead atoms. The van der Waals surface area contributed by atoms with Crippen LogP contribution in [-0.4, -0.2) is 56.3 Å². The van der Waals surface area contributed by atoms with E-state index in [1.54, 1.807) is 11.4 Å². The Bertz CT molecular complexity index is 333. The summed E-state index contributed by atoms with van der Waals surface area (Å²) in [6, 6.07) is 0.700. The van der Waals surface area contributed by atoms with Gasteiger partial charge >= 0.3 is 0 Å². The normalized spacial score (nSPS) is 25.9. The number of nitrogens with zero attached hydrogens (tertiary/aromatic N) is 2. The van der Waals surface area contributed by atoms with Crippen molar-refractivity contribution in [1.29, 1.82) is 0 Å². The molecule has 1 rings (SSSR count). The van der Waals surface area contributed by atoms with Crippen LogP contribution in [0.5, 0.6) is 0 Å². The molecule has 0 saturated heterocycles. The topological polar surface area (TPSA) is 52.7 Å². The summed E-state index contributed by atoms with van der Waals surface area (Å²) < 4.78 is 27.9. The number of rotatable bonds is 6. The molecule has 1 aliphatic rings. The van der Waals surface area contributed by atoms with Crippen LogP contribution in [0.15, 0.2) is 0 Å². The third kappa shape index (κ3) is 3.44. The highest BCUT2D eigenvalue weighted by molar-refractivity contribution is 7.86. The Kier molecular flexibility index (Phi) is 6.04. The first-order valence-electron chi connectivity index (χ1n) is 6.87. The van der Waals surface area contributed by atoms with Crippen molar-refractivity contribution in [2.45, 2.75) is 51.6 Å². The van der Waals surface area contributed by atoms with Gasteiger partial charge in [0.2, 0.25) is 0 Å². The molecule has 1 saturated carbocycles. The number of hydrogen-bond acceptors (Lipinski definition) is 3. The average Bonchev–Trinajstić information content (AvgIpc) is 2.39. The maximum absolute atomic E-state index is 12.4. The minimum atomic E-state index is -3.28. The van der Waals surface area contributed by atoms with Crippen molar-refractivity contribution in [2.24, 2.45) is 0 Å². The van der Waals surface area contributed by atoms with E-state index in [-0.39, 0.29) is 6.04 Å². The Hall–Kier alpha value is -0.170. The Morgan fingerprint density at radius 1 is 1.11 bits per heavy atom. The van der Waals surface area contributed by atoms with Crippen molar-refractivity contribution in [3.63, 3.8) is 0 Å². The zero-order chi connectivity index (χ0) is 13.8. The van der Waals surface area contributed by atoms with Crippen molar-refractivity contribution in [1.82, 2.24) is 13.9 Å². The highest BCUT2D eigenvalue weighted by atomic mass is 32.2. The molecule has 0 aromatic carbocycles. The molecule has 6 heteroatoms. The smallest absolute Gasteiger partial charge is 0.281 e. The molecule has 0 amide bonds. The first-order valence-corrected chi connectivity index (χ1v) is 8.27. The third-order valence-electron chi connectivity index (χ3n) is 4.01. The highest BCUT2D eigenvalue weighted by Crippen LogP contribution is 2.24. The summed E-state index contributed by atoms with van der Waals surface area (Å²) in [5.41, 5.74) is 0. The Balaban J connectivity index is 2.67. The number of nitrogens with one attached hydrogen (secondary N) is 1. The lowest BCUT2D eigenvalue weighted by Gasteiger charge is -2.36. The van der Waals surface area contributed by atoms with E-state index in [0.29, 0.717) is 19.1 Å². The second kappa shape index (κ2) is 6.84. The summed E-state index contributed by atoms with van der Waals surface area (Å²) in [5.74, 6) is 0. The lowest BCUT2D eigenvalue weighted by Crippen LogP contribution is -2.48. The van der Waals surface area contributed by atoms with Gasteiger partial charge in [-0.2, -0.15) is 17.0 Å². The summed E-state index contributed by atoms with van der Waals surface area (Å²) in [7, 11) is 0.415. The van der Waals surface area contributed by atoms with E-state index in [4.69, 9.17) is 0 Å². The van der Waals surface area contributed by atoms with E-state index in [9.17, 15) is 8.42 Å². The van der Waals surface area contributed by atoms with Crippen molar-refractivity contribution in [2.75, 3.05) is 27.2 Å². The van der Waals surface area contributed by atoms with Crippen molar-refractivity contribution in [3.05, 3.63) is 0 Å². The largest absolute Gasteiger partial charge is 0.317 e. The molecule has 1 fully saturated rings. The van der Waals surface area contributed by atoms with Crippen LogP contribution < -0.4 is 5.32 Å². The van der Waals surface area contributed by atoms with Gasteiger partial charge < -0.3 is 5.32 Å². The summed E-state index contributed by atoms with van der Waals surface area (Å²) in [6.07, 6.45) is 4.00. The summed E-state index contributed by atoms with van der Waals surface area (Å²) in [4.78, 5) is 0. The zero-order valence-electron chi connectivity index (χ0n) is 12.0. The zero-order valence-corrected chi connectivity index (χ0v) is 12.8. The Morgan fingerprint density at radius 3 is 2.00 bits per heavy atom. The molecule has 0 atom stereocenters. The van der Waals surface area contributed by atoms with Gasteiger partial charge in [-0.15, -0.1) is 0 Å². The summed E-state index contributed by atoms with van der Waals surface area (Å²) in [5, 5.41) is 3.27. The van der Waals surface area contributed by atoms with Crippen molar-refractivity contribution in [3.8, 4) is 0 Å². The predicted octanol–water partition coefficient (Wildman–Crippen LogP) is 1.04. The molecule has 0 radical (unpaired) electrons. The predicted molar refractivity (Wildman–Crippen MR) is 74.7 cm³/mol. The van der Waals surface area contributed by atoms with Crippen LogP contribution in [0.4, 0.5) is 0 Å². The summed E-state index contributed by atoms with van der Waals surface area (Å²) in [6.45, 7) is 4.84. The molecule has 108 valence electrons. The van der Waals surface area contributed by atoms with Crippen LogP contribution in [-0.2, 0) is 10.2 Å². The van der Waals surface area contributed by atoms with Crippen LogP contribution in [0.2, 0.25) is 0 Å². The monoisotopic (exact) mass is 277 g/mol. The van der Waals surface area contributed by atoms with Crippen LogP contribution in [0.1, 0.15) is 39.5 Å². The molecule has 0 aromatic rings. The van der Waals surface area contributed by atoms with E-state index < -0.39 is 10.2 Å². The van der Waals surface area contributed by atoms with E-state index in [2.05, 4.69) is 5.32 Å². The molecule has 0 heterocycles. The van der Waals surface area contributed by atoms with Crippen LogP contribution in [0, 0.1) is 0 Å². The molecular weight excluding hydrogens is 250 g/mol. The van der Waals surface area contributed by atoms with Gasteiger partial charge in [-0.05, 0) is 32.7 Å². The van der Waals surface area contributed by atoms with Gasteiger partial charge in [0.05, 0.1) is 0 Å². The maximum Gasteiger partial charge on any atom is 0.281 e. The van der Waals surface area contributed by atoms with Crippen LogP contribution in [0.25, 0.3) is 0 Å². The van der Waals surface area contributed by atoms with Crippen molar-refractivity contribution >= 4 is 10.2 Å².